The first-order chi connectivity index (χ1) is 7.45. The normalized spacial score (nSPS) is 12.3. The minimum absolute atomic E-state index is 0.143. The van der Waals surface area contributed by atoms with Gasteiger partial charge < -0.3 is 9.67 Å². The number of fused-ring (bicyclic) bond motifs is 1. The van der Waals surface area contributed by atoms with Gasteiger partial charge in [0.2, 0.25) is 0 Å². The first-order valence-electron chi connectivity index (χ1n) is 5.50. The highest BCUT2D eigenvalue weighted by molar-refractivity contribution is 5.77. The first kappa shape index (κ1) is 11.1. The number of hydrogen-bond acceptors (Lipinski definition) is 2. The van der Waals surface area contributed by atoms with E-state index in [0.717, 1.165) is 22.4 Å². The van der Waals surface area contributed by atoms with Gasteiger partial charge in [-0.05, 0) is 24.6 Å². The lowest BCUT2D eigenvalue weighted by Gasteiger charge is -2.22. The summed E-state index contributed by atoms with van der Waals surface area (Å²) in [5, 5.41) is 9.35. The number of aromatic nitrogens is 2. The molecule has 1 aromatic carbocycles. The number of nitrogens with zero attached hydrogens (tertiary/aromatic N) is 2. The molecule has 0 spiro atoms. The van der Waals surface area contributed by atoms with Crippen molar-refractivity contribution in [1.29, 1.82) is 0 Å². The Bertz CT molecular complexity index is 526. The van der Waals surface area contributed by atoms with Crippen molar-refractivity contribution in [2.75, 3.05) is 6.61 Å². The number of rotatable bonds is 2. The van der Waals surface area contributed by atoms with E-state index in [9.17, 15) is 5.11 Å². The monoisotopic (exact) mass is 218 g/mol. The van der Waals surface area contributed by atoms with E-state index in [2.05, 4.69) is 27.8 Å². The van der Waals surface area contributed by atoms with Crippen LogP contribution in [0.1, 0.15) is 25.2 Å². The Kier molecular flexibility index (Phi) is 2.50. The van der Waals surface area contributed by atoms with Gasteiger partial charge in [-0.1, -0.05) is 19.9 Å². The van der Waals surface area contributed by atoms with Crippen molar-refractivity contribution in [3.8, 4) is 0 Å². The summed E-state index contributed by atoms with van der Waals surface area (Å²) in [6.07, 6.45) is 0. The van der Waals surface area contributed by atoms with Crippen LogP contribution < -0.4 is 0 Å². The standard InChI is InChI=1S/C13H18N2O/c1-9-14-11-7-10(13(2,3)8-16)5-6-12(11)15(9)4/h5-7,16H,8H2,1-4H3. The van der Waals surface area contributed by atoms with Crippen LogP contribution in [0.25, 0.3) is 11.0 Å². The largest absolute Gasteiger partial charge is 0.395 e. The van der Waals surface area contributed by atoms with Crippen LogP contribution in [-0.4, -0.2) is 21.3 Å². The average molecular weight is 218 g/mol. The van der Waals surface area contributed by atoms with Crippen LogP contribution in [0, 0.1) is 6.92 Å². The molecule has 3 heteroatoms. The van der Waals surface area contributed by atoms with Crippen LogP contribution in [-0.2, 0) is 12.5 Å². The molecule has 0 amide bonds. The molecule has 0 atom stereocenters. The van der Waals surface area contributed by atoms with Crippen molar-refractivity contribution in [2.45, 2.75) is 26.2 Å². The van der Waals surface area contributed by atoms with Gasteiger partial charge >= 0.3 is 0 Å². The Hall–Kier alpha value is -1.35. The van der Waals surface area contributed by atoms with Crippen molar-refractivity contribution in [3.63, 3.8) is 0 Å². The second-order valence-electron chi connectivity index (χ2n) is 4.96. The molecule has 0 aliphatic rings. The van der Waals surface area contributed by atoms with Gasteiger partial charge in [0.05, 0.1) is 17.6 Å². The highest BCUT2D eigenvalue weighted by atomic mass is 16.3. The van der Waals surface area contributed by atoms with Crippen LogP contribution in [0.3, 0.4) is 0 Å². The molecule has 1 aromatic heterocycles. The lowest BCUT2D eigenvalue weighted by molar-refractivity contribution is 0.218. The van der Waals surface area contributed by atoms with Gasteiger partial charge in [0, 0.05) is 12.5 Å². The first-order valence-corrected chi connectivity index (χ1v) is 5.50. The van der Waals surface area contributed by atoms with E-state index in [1.54, 1.807) is 0 Å². The smallest absolute Gasteiger partial charge is 0.106 e. The highest BCUT2D eigenvalue weighted by Crippen LogP contribution is 2.26. The van der Waals surface area contributed by atoms with Crippen molar-refractivity contribution < 1.29 is 5.11 Å². The molecular formula is C13H18N2O. The molecule has 0 radical (unpaired) electrons. The highest BCUT2D eigenvalue weighted by Gasteiger charge is 2.20. The molecule has 0 aliphatic carbocycles. The second-order valence-corrected chi connectivity index (χ2v) is 4.96. The molecular weight excluding hydrogens is 200 g/mol. The summed E-state index contributed by atoms with van der Waals surface area (Å²) in [6.45, 7) is 6.20. The average Bonchev–Trinajstić information content (AvgIpc) is 2.54. The zero-order chi connectivity index (χ0) is 11.9. The summed E-state index contributed by atoms with van der Waals surface area (Å²) >= 11 is 0. The molecule has 0 saturated carbocycles. The van der Waals surface area contributed by atoms with Gasteiger partial charge in [0.1, 0.15) is 5.82 Å². The zero-order valence-electron chi connectivity index (χ0n) is 10.3. The Balaban J connectivity index is 2.61. The predicted octanol–water partition coefficient (Wildman–Crippen LogP) is 2.15. The molecule has 16 heavy (non-hydrogen) atoms. The maximum absolute atomic E-state index is 9.35. The fraction of sp³-hybridized carbons (Fsp3) is 0.462. The summed E-state index contributed by atoms with van der Waals surface area (Å²) in [4.78, 5) is 4.50. The third kappa shape index (κ3) is 1.61. The van der Waals surface area contributed by atoms with Gasteiger partial charge in [-0.25, -0.2) is 4.98 Å². The number of hydrogen-bond donors (Lipinski definition) is 1. The Morgan fingerprint density at radius 3 is 2.69 bits per heavy atom. The summed E-state index contributed by atoms with van der Waals surface area (Å²) in [7, 11) is 2.02. The van der Waals surface area contributed by atoms with Crippen molar-refractivity contribution >= 4 is 11.0 Å². The van der Waals surface area contributed by atoms with Gasteiger partial charge in [-0.15, -0.1) is 0 Å². The number of aliphatic hydroxyl groups is 1. The quantitative estimate of drug-likeness (QED) is 0.838. The minimum atomic E-state index is -0.209. The molecule has 0 aliphatic heterocycles. The van der Waals surface area contributed by atoms with Gasteiger partial charge in [0.15, 0.2) is 0 Å². The van der Waals surface area contributed by atoms with Crippen LogP contribution >= 0.6 is 0 Å². The molecule has 1 N–H and O–H groups in total. The molecule has 0 saturated heterocycles. The molecule has 86 valence electrons. The number of benzene rings is 1. The Morgan fingerprint density at radius 2 is 2.06 bits per heavy atom. The summed E-state index contributed by atoms with van der Waals surface area (Å²) in [5.41, 5.74) is 3.05. The summed E-state index contributed by atoms with van der Waals surface area (Å²) < 4.78 is 2.07. The zero-order valence-corrected chi connectivity index (χ0v) is 10.3. The predicted molar refractivity (Wildman–Crippen MR) is 65.6 cm³/mol. The molecule has 0 unspecified atom stereocenters. The van der Waals surface area contributed by atoms with Gasteiger partial charge in [-0.2, -0.15) is 0 Å². The summed E-state index contributed by atoms with van der Waals surface area (Å²) in [6, 6.07) is 6.21. The van der Waals surface area contributed by atoms with Crippen LogP contribution in [0.2, 0.25) is 0 Å². The molecule has 0 fully saturated rings. The van der Waals surface area contributed by atoms with E-state index in [1.807, 2.05) is 27.8 Å². The van der Waals surface area contributed by atoms with Crippen molar-refractivity contribution in [2.24, 2.45) is 7.05 Å². The van der Waals surface area contributed by atoms with Crippen molar-refractivity contribution in [3.05, 3.63) is 29.6 Å². The number of imidazole rings is 1. The maximum atomic E-state index is 9.35. The number of aliphatic hydroxyl groups excluding tert-OH is 1. The van der Waals surface area contributed by atoms with Crippen LogP contribution in [0.15, 0.2) is 18.2 Å². The maximum Gasteiger partial charge on any atom is 0.106 e. The van der Waals surface area contributed by atoms with Gasteiger partial charge in [-0.3, -0.25) is 0 Å². The fourth-order valence-electron chi connectivity index (χ4n) is 1.83. The van der Waals surface area contributed by atoms with E-state index in [0.29, 0.717) is 0 Å². The molecule has 2 aromatic rings. The summed E-state index contributed by atoms with van der Waals surface area (Å²) in [5.74, 6) is 1.01. The lowest BCUT2D eigenvalue weighted by atomic mass is 9.85. The van der Waals surface area contributed by atoms with E-state index in [-0.39, 0.29) is 12.0 Å². The SMILES string of the molecule is Cc1nc2cc(C(C)(C)CO)ccc2n1C. The minimum Gasteiger partial charge on any atom is -0.395 e. The second kappa shape index (κ2) is 3.59. The van der Waals surface area contributed by atoms with E-state index in [4.69, 9.17) is 0 Å². The van der Waals surface area contributed by atoms with E-state index >= 15 is 0 Å². The van der Waals surface area contributed by atoms with E-state index in [1.165, 1.54) is 0 Å². The van der Waals surface area contributed by atoms with Gasteiger partial charge in [0.25, 0.3) is 0 Å². The van der Waals surface area contributed by atoms with Crippen LogP contribution in [0.5, 0.6) is 0 Å². The molecule has 3 nitrogen and oxygen atoms in total. The molecule has 1 heterocycles. The molecule has 2 rings (SSSR count). The van der Waals surface area contributed by atoms with E-state index < -0.39 is 0 Å². The molecule has 0 bridgehead atoms. The fourth-order valence-corrected chi connectivity index (χ4v) is 1.83. The number of aryl methyl sites for hydroxylation is 2. The third-order valence-electron chi connectivity index (χ3n) is 3.28. The third-order valence-corrected chi connectivity index (χ3v) is 3.28. The lowest BCUT2D eigenvalue weighted by Crippen LogP contribution is -2.21. The topological polar surface area (TPSA) is 38.1 Å². The Morgan fingerprint density at radius 1 is 1.38 bits per heavy atom. The van der Waals surface area contributed by atoms with Crippen LogP contribution in [0.4, 0.5) is 0 Å². The Labute approximate surface area is 95.7 Å². The van der Waals surface area contributed by atoms with Crippen molar-refractivity contribution in [1.82, 2.24) is 9.55 Å².